The highest BCUT2D eigenvalue weighted by Gasteiger charge is 2.42. The van der Waals surface area contributed by atoms with Crippen molar-refractivity contribution in [3.63, 3.8) is 0 Å². The number of methoxy groups -OCH3 is 3. The average molecular weight is 441 g/mol. The van der Waals surface area contributed by atoms with E-state index in [1.54, 1.807) is 26.2 Å². The Labute approximate surface area is 189 Å². The van der Waals surface area contributed by atoms with Crippen LogP contribution in [0.3, 0.4) is 0 Å². The number of carbonyl (C=O) groups excluding carboxylic acids is 2. The van der Waals surface area contributed by atoms with Gasteiger partial charge in [0.05, 0.1) is 33.3 Å². The highest BCUT2D eigenvalue weighted by molar-refractivity contribution is 5.97. The molecule has 3 atom stereocenters. The first-order valence-corrected chi connectivity index (χ1v) is 10.9. The van der Waals surface area contributed by atoms with Gasteiger partial charge >= 0.3 is 0 Å². The molecule has 0 radical (unpaired) electrons. The molecule has 0 bridgehead atoms. The molecule has 1 fully saturated rings. The number of piperidine rings is 1. The van der Waals surface area contributed by atoms with Crippen LogP contribution in [-0.4, -0.2) is 39.2 Å². The van der Waals surface area contributed by atoms with Crippen LogP contribution in [0.5, 0.6) is 17.2 Å². The van der Waals surface area contributed by atoms with Crippen molar-refractivity contribution in [2.24, 2.45) is 5.92 Å². The molecule has 3 rings (SSSR count). The smallest absolute Gasteiger partial charge is 0.227 e. The molecule has 3 unspecified atom stereocenters. The van der Waals surface area contributed by atoms with Crippen molar-refractivity contribution < 1.29 is 23.8 Å². The van der Waals surface area contributed by atoms with Crippen LogP contribution >= 0.6 is 0 Å². The van der Waals surface area contributed by atoms with E-state index in [1.807, 2.05) is 56.3 Å². The van der Waals surface area contributed by atoms with Crippen molar-refractivity contribution in [1.82, 2.24) is 5.32 Å². The Morgan fingerprint density at radius 3 is 2.34 bits per heavy atom. The van der Waals surface area contributed by atoms with E-state index in [2.05, 4.69) is 5.32 Å². The summed E-state index contributed by atoms with van der Waals surface area (Å²) in [4.78, 5) is 28.2. The van der Waals surface area contributed by atoms with E-state index in [1.165, 1.54) is 0 Å². The van der Waals surface area contributed by atoms with E-state index in [-0.39, 0.29) is 17.9 Å². The summed E-state index contributed by atoms with van der Waals surface area (Å²) in [7, 11) is 4.75. The fourth-order valence-corrected chi connectivity index (χ4v) is 4.08. The van der Waals surface area contributed by atoms with Crippen LogP contribution in [0.15, 0.2) is 42.5 Å². The maximum Gasteiger partial charge on any atom is 0.227 e. The number of amides is 2. The first-order chi connectivity index (χ1) is 15.4. The summed E-state index contributed by atoms with van der Waals surface area (Å²) in [6.45, 7) is 4.02. The van der Waals surface area contributed by atoms with Gasteiger partial charge in [-0.15, -0.1) is 0 Å². The number of hydrogen-bond acceptors (Lipinski definition) is 5. The van der Waals surface area contributed by atoms with Crippen molar-refractivity contribution in [1.29, 1.82) is 0 Å². The molecular weight excluding hydrogens is 408 g/mol. The van der Waals surface area contributed by atoms with Crippen molar-refractivity contribution in [2.45, 2.75) is 45.2 Å². The van der Waals surface area contributed by atoms with E-state index in [4.69, 9.17) is 14.2 Å². The summed E-state index contributed by atoms with van der Waals surface area (Å²) in [5.74, 6) is 1.37. The average Bonchev–Trinajstić information content (AvgIpc) is 2.83. The van der Waals surface area contributed by atoms with Gasteiger partial charge in [-0.3, -0.25) is 9.59 Å². The Hall–Kier alpha value is -3.22. The fraction of sp³-hybridized carbons (Fsp3) is 0.440. The lowest BCUT2D eigenvalue weighted by Gasteiger charge is -2.41. The molecule has 0 saturated carbocycles. The predicted octanol–water partition coefficient (Wildman–Crippen LogP) is 4.11. The van der Waals surface area contributed by atoms with E-state index in [0.29, 0.717) is 30.1 Å². The van der Waals surface area contributed by atoms with Gasteiger partial charge in [-0.25, -0.2) is 0 Å². The van der Waals surface area contributed by atoms with Crippen molar-refractivity contribution in [2.75, 3.05) is 26.2 Å². The quantitative estimate of drug-likeness (QED) is 0.668. The third kappa shape index (κ3) is 4.82. The van der Waals surface area contributed by atoms with Crippen LogP contribution in [-0.2, 0) is 9.59 Å². The maximum absolute atomic E-state index is 13.3. The molecule has 1 N–H and O–H groups in total. The van der Waals surface area contributed by atoms with E-state index in [0.717, 1.165) is 17.7 Å². The summed E-state index contributed by atoms with van der Waals surface area (Å²) in [5, 5.41) is 3.10. The standard InChI is InChI=1S/C25H32N2O5/c1-6-16(2)26-25(29)20-12-14-23(28)27(18-8-10-19(30-3)11-9-18)24(20)17-7-13-21(31-4)22(15-17)32-5/h7-11,13,15-16,20,24H,6,12,14H2,1-5H3,(H,26,29). The molecule has 0 spiro atoms. The Morgan fingerprint density at radius 2 is 1.75 bits per heavy atom. The van der Waals surface area contributed by atoms with Crippen LogP contribution < -0.4 is 24.4 Å². The van der Waals surface area contributed by atoms with Crippen LogP contribution in [0, 0.1) is 5.92 Å². The SMILES string of the molecule is CCC(C)NC(=O)C1CCC(=O)N(c2ccc(OC)cc2)C1c1ccc(OC)c(OC)c1. The van der Waals surface area contributed by atoms with E-state index < -0.39 is 12.0 Å². The third-order valence-corrected chi connectivity index (χ3v) is 6.03. The Balaban J connectivity index is 2.09. The van der Waals surface area contributed by atoms with Gasteiger partial charge in [-0.05, 0) is 61.7 Å². The number of nitrogens with one attached hydrogen (secondary N) is 1. The number of carbonyl (C=O) groups is 2. The maximum atomic E-state index is 13.3. The molecule has 1 heterocycles. The first kappa shape index (κ1) is 23.4. The summed E-state index contributed by atoms with van der Waals surface area (Å²) in [6, 6.07) is 12.5. The Kier molecular flexibility index (Phi) is 7.62. The molecule has 0 aliphatic carbocycles. The number of hydrogen-bond donors (Lipinski definition) is 1. The zero-order valence-electron chi connectivity index (χ0n) is 19.4. The van der Waals surface area contributed by atoms with Gasteiger partial charge < -0.3 is 24.4 Å². The molecule has 7 nitrogen and oxygen atoms in total. The summed E-state index contributed by atoms with van der Waals surface area (Å²) >= 11 is 0. The molecule has 2 aromatic rings. The highest BCUT2D eigenvalue weighted by Crippen LogP contribution is 2.42. The number of benzene rings is 2. The lowest BCUT2D eigenvalue weighted by Crippen LogP contribution is -2.49. The summed E-state index contributed by atoms with van der Waals surface area (Å²) in [6.07, 6.45) is 1.61. The minimum absolute atomic E-state index is 0.0254. The molecule has 7 heteroatoms. The second kappa shape index (κ2) is 10.4. The molecule has 32 heavy (non-hydrogen) atoms. The van der Waals surface area contributed by atoms with Crippen LogP contribution in [0.4, 0.5) is 5.69 Å². The second-order valence-electron chi connectivity index (χ2n) is 7.98. The van der Waals surface area contributed by atoms with Gasteiger partial charge in [0.25, 0.3) is 0 Å². The largest absolute Gasteiger partial charge is 0.497 e. The van der Waals surface area contributed by atoms with Gasteiger partial charge in [-0.1, -0.05) is 13.0 Å². The minimum Gasteiger partial charge on any atom is -0.497 e. The molecule has 1 aliphatic heterocycles. The Bertz CT molecular complexity index is 944. The lowest BCUT2D eigenvalue weighted by atomic mass is 9.82. The summed E-state index contributed by atoms with van der Waals surface area (Å²) < 4.78 is 16.1. The van der Waals surface area contributed by atoms with Gasteiger partial charge in [0.15, 0.2) is 11.5 Å². The molecule has 1 saturated heterocycles. The summed E-state index contributed by atoms with van der Waals surface area (Å²) in [5.41, 5.74) is 1.53. The zero-order chi connectivity index (χ0) is 23.3. The Morgan fingerprint density at radius 1 is 1.06 bits per heavy atom. The molecule has 172 valence electrons. The van der Waals surface area contributed by atoms with Gasteiger partial charge in [0.2, 0.25) is 11.8 Å². The molecular formula is C25H32N2O5. The van der Waals surface area contributed by atoms with Crippen LogP contribution in [0.1, 0.15) is 44.7 Å². The molecule has 2 aromatic carbocycles. The normalized spacial score (nSPS) is 19.3. The molecule has 0 aromatic heterocycles. The van der Waals surface area contributed by atoms with Crippen LogP contribution in [0.2, 0.25) is 0 Å². The van der Waals surface area contributed by atoms with Crippen molar-refractivity contribution >= 4 is 17.5 Å². The van der Waals surface area contributed by atoms with Crippen molar-refractivity contribution in [3.05, 3.63) is 48.0 Å². The highest BCUT2D eigenvalue weighted by atomic mass is 16.5. The molecule has 1 aliphatic rings. The second-order valence-corrected chi connectivity index (χ2v) is 7.98. The molecule has 2 amide bonds. The van der Waals surface area contributed by atoms with Gasteiger partial charge in [-0.2, -0.15) is 0 Å². The number of rotatable bonds is 8. The predicted molar refractivity (Wildman–Crippen MR) is 123 cm³/mol. The first-order valence-electron chi connectivity index (χ1n) is 10.9. The monoisotopic (exact) mass is 440 g/mol. The van der Waals surface area contributed by atoms with E-state index in [9.17, 15) is 9.59 Å². The van der Waals surface area contributed by atoms with E-state index >= 15 is 0 Å². The van der Waals surface area contributed by atoms with Gasteiger partial charge in [0.1, 0.15) is 5.75 Å². The third-order valence-electron chi connectivity index (χ3n) is 6.03. The fourth-order valence-electron chi connectivity index (χ4n) is 4.08. The topological polar surface area (TPSA) is 77.1 Å². The number of ether oxygens (including phenoxy) is 3. The number of anilines is 1. The minimum atomic E-state index is -0.478. The van der Waals surface area contributed by atoms with Crippen molar-refractivity contribution in [3.8, 4) is 17.2 Å². The number of nitrogens with zero attached hydrogens (tertiary/aromatic N) is 1. The zero-order valence-corrected chi connectivity index (χ0v) is 19.4. The van der Waals surface area contributed by atoms with Crippen LogP contribution in [0.25, 0.3) is 0 Å². The lowest BCUT2D eigenvalue weighted by molar-refractivity contribution is -0.129. The van der Waals surface area contributed by atoms with Gasteiger partial charge in [0, 0.05) is 18.2 Å².